The molecule has 0 aromatic rings. The van der Waals surface area contributed by atoms with Crippen LogP contribution in [-0.4, -0.2) is 37.9 Å². The molecule has 0 fully saturated rings. The maximum atomic E-state index is 12.0. The summed E-state index contributed by atoms with van der Waals surface area (Å²) in [5, 5.41) is 3.23. The zero-order valence-electron chi connectivity index (χ0n) is 14.7. The molecule has 21 heavy (non-hydrogen) atoms. The van der Waals surface area contributed by atoms with E-state index < -0.39 is 5.54 Å². The Bertz CT molecular complexity index is 271. The summed E-state index contributed by atoms with van der Waals surface area (Å²) in [5.74, 6) is 0.450. The largest absolute Gasteiger partial charge is 0.465 e. The molecular formula is C17H35NO3. The van der Waals surface area contributed by atoms with Crippen LogP contribution in [0.1, 0.15) is 66.7 Å². The Morgan fingerprint density at radius 3 is 2.48 bits per heavy atom. The molecule has 0 spiro atoms. The van der Waals surface area contributed by atoms with Crippen molar-refractivity contribution >= 4 is 5.97 Å². The van der Waals surface area contributed by atoms with Gasteiger partial charge in [-0.05, 0) is 39.2 Å². The molecule has 0 aliphatic heterocycles. The van der Waals surface area contributed by atoms with E-state index in [1.165, 1.54) is 19.3 Å². The first kappa shape index (κ1) is 20.4. The lowest BCUT2D eigenvalue weighted by atomic mass is 9.98. The third kappa shape index (κ3) is 8.42. The van der Waals surface area contributed by atoms with Gasteiger partial charge in [-0.1, -0.05) is 40.0 Å². The summed E-state index contributed by atoms with van der Waals surface area (Å²) in [7, 11) is 0. The van der Waals surface area contributed by atoms with Gasteiger partial charge in [-0.2, -0.15) is 0 Å². The van der Waals surface area contributed by atoms with Crippen molar-refractivity contribution < 1.29 is 14.3 Å². The van der Waals surface area contributed by atoms with Crippen LogP contribution in [0.5, 0.6) is 0 Å². The maximum Gasteiger partial charge on any atom is 0.326 e. The molecule has 0 rings (SSSR count). The number of hydrogen-bond donors (Lipinski definition) is 1. The predicted molar refractivity (Wildman–Crippen MR) is 87.5 cm³/mol. The number of nitrogens with one attached hydrogen (secondary N) is 1. The predicted octanol–water partition coefficient (Wildman–Crippen LogP) is 3.54. The van der Waals surface area contributed by atoms with Crippen molar-refractivity contribution in [3.05, 3.63) is 0 Å². The van der Waals surface area contributed by atoms with Gasteiger partial charge in [-0.15, -0.1) is 0 Å². The normalized spacial score (nSPS) is 15.5. The first-order valence-electron chi connectivity index (χ1n) is 8.53. The average molecular weight is 301 g/mol. The second-order valence-electron chi connectivity index (χ2n) is 5.82. The van der Waals surface area contributed by atoms with Gasteiger partial charge in [0.1, 0.15) is 5.54 Å². The lowest BCUT2D eigenvalue weighted by Gasteiger charge is -2.28. The Kier molecular flexibility index (Phi) is 11.6. The molecule has 0 saturated heterocycles. The van der Waals surface area contributed by atoms with Crippen LogP contribution >= 0.6 is 0 Å². The first-order valence-corrected chi connectivity index (χ1v) is 8.53. The van der Waals surface area contributed by atoms with E-state index in [0.29, 0.717) is 25.6 Å². The van der Waals surface area contributed by atoms with Gasteiger partial charge in [0.05, 0.1) is 6.61 Å². The lowest BCUT2D eigenvalue weighted by molar-refractivity contribution is -0.151. The monoisotopic (exact) mass is 301 g/mol. The highest BCUT2D eigenvalue weighted by molar-refractivity contribution is 5.80. The van der Waals surface area contributed by atoms with Crippen LogP contribution < -0.4 is 5.32 Å². The summed E-state index contributed by atoms with van der Waals surface area (Å²) >= 11 is 0. The molecule has 0 radical (unpaired) electrons. The highest BCUT2D eigenvalue weighted by Crippen LogP contribution is 2.15. The fraction of sp³-hybridized carbons (Fsp3) is 0.941. The van der Waals surface area contributed by atoms with Crippen molar-refractivity contribution in [2.45, 2.75) is 72.3 Å². The van der Waals surface area contributed by atoms with E-state index in [2.05, 4.69) is 19.2 Å². The average Bonchev–Trinajstić information content (AvgIpc) is 2.47. The van der Waals surface area contributed by atoms with Gasteiger partial charge in [0.25, 0.3) is 0 Å². The molecule has 0 aliphatic rings. The number of likely N-dealkylation sites (N-methyl/N-ethyl adjacent to an activating group) is 1. The van der Waals surface area contributed by atoms with Crippen LogP contribution in [-0.2, 0) is 14.3 Å². The Balaban J connectivity index is 4.16. The van der Waals surface area contributed by atoms with E-state index in [-0.39, 0.29) is 5.97 Å². The fourth-order valence-electron chi connectivity index (χ4n) is 2.37. The van der Waals surface area contributed by atoms with Crippen molar-refractivity contribution in [2.24, 2.45) is 5.92 Å². The van der Waals surface area contributed by atoms with Gasteiger partial charge < -0.3 is 14.8 Å². The Morgan fingerprint density at radius 1 is 1.24 bits per heavy atom. The van der Waals surface area contributed by atoms with Crippen molar-refractivity contribution in [1.29, 1.82) is 0 Å². The quantitative estimate of drug-likeness (QED) is 0.417. The molecule has 0 aromatic carbocycles. The Hall–Kier alpha value is -0.610. The second-order valence-corrected chi connectivity index (χ2v) is 5.82. The Morgan fingerprint density at radius 2 is 1.95 bits per heavy atom. The zero-order chi connectivity index (χ0) is 16.1. The minimum Gasteiger partial charge on any atom is -0.465 e. The van der Waals surface area contributed by atoms with Crippen LogP contribution in [0, 0.1) is 5.92 Å². The van der Waals surface area contributed by atoms with Crippen LogP contribution in [0.4, 0.5) is 0 Å². The highest BCUT2D eigenvalue weighted by atomic mass is 16.5. The summed E-state index contributed by atoms with van der Waals surface area (Å²) in [6.45, 7) is 12.7. The number of carbonyl (C=O) groups excluding carboxylic acids is 1. The van der Waals surface area contributed by atoms with Gasteiger partial charge in [0.2, 0.25) is 0 Å². The van der Waals surface area contributed by atoms with E-state index in [1.807, 2.05) is 20.8 Å². The van der Waals surface area contributed by atoms with Crippen LogP contribution in [0.25, 0.3) is 0 Å². The molecule has 0 amide bonds. The molecule has 1 N–H and O–H groups in total. The number of carbonyl (C=O) groups is 1. The van der Waals surface area contributed by atoms with E-state index in [9.17, 15) is 4.79 Å². The van der Waals surface area contributed by atoms with E-state index in [4.69, 9.17) is 9.47 Å². The summed E-state index contributed by atoms with van der Waals surface area (Å²) < 4.78 is 11.0. The van der Waals surface area contributed by atoms with Crippen LogP contribution in [0.15, 0.2) is 0 Å². The molecule has 4 heteroatoms. The van der Waals surface area contributed by atoms with Gasteiger partial charge in [-0.3, -0.25) is 4.79 Å². The van der Waals surface area contributed by atoms with Crippen molar-refractivity contribution in [3.63, 3.8) is 0 Å². The summed E-state index contributed by atoms with van der Waals surface area (Å²) in [4.78, 5) is 12.0. The molecule has 2 atom stereocenters. The SMILES string of the molecule is CCCCC(CC)COCCC(C)(NCC)C(=O)OCC. The molecule has 0 aliphatic carbocycles. The van der Waals surface area contributed by atoms with Gasteiger partial charge in [-0.25, -0.2) is 0 Å². The van der Waals surface area contributed by atoms with Crippen LogP contribution in [0.3, 0.4) is 0 Å². The lowest BCUT2D eigenvalue weighted by Crippen LogP contribution is -2.51. The van der Waals surface area contributed by atoms with Crippen molar-refractivity contribution in [3.8, 4) is 0 Å². The van der Waals surface area contributed by atoms with Gasteiger partial charge in [0.15, 0.2) is 0 Å². The number of esters is 1. The minimum atomic E-state index is -0.643. The molecule has 2 unspecified atom stereocenters. The van der Waals surface area contributed by atoms with Crippen molar-refractivity contribution in [2.75, 3.05) is 26.4 Å². The first-order chi connectivity index (χ1) is 10.0. The smallest absolute Gasteiger partial charge is 0.326 e. The van der Waals surface area contributed by atoms with Crippen LogP contribution in [0.2, 0.25) is 0 Å². The zero-order valence-corrected chi connectivity index (χ0v) is 14.7. The standard InChI is InChI=1S/C17H35NO3/c1-6-10-11-15(7-2)14-20-13-12-17(5,18-8-3)16(19)21-9-4/h15,18H,6-14H2,1-5H3. The van der Waals surface area contributed by atoms with Gasteiger partial charge in [0, 0.05) is 13.2 Å². The number of ether oxygens (including phenoxy) is 2. The number of hydrogen-bond acceptors (Lipinski definition) is 4. The summed E-state index contributed by atoms with van der Waals surface area (Å²) in [6, 6.07) is 0. The molecular weight excluding hydrogens is 266 g/mol. The molecule has 0 heterocycles. The maximum absolute atomic E-state index is 12.0. The van der Waals surface area contributed by atoms with Crippen molar-refractivity contribution in [1.82, 2.24) is 5.32 Å². The minimum absolute atomic E-state index is 0.187. The fourth-order valence-corrected chi connectivity index (χ4v) is 2.37. The number of rotatable bonds is 13. The Labute approximate surface area is 131 Å². The number of unbranched alkanes of at least 4 members (excludes halogenated alkanes) is 1. The highest BCUT2D eigenvalue weighted by Gasteiger charge is 2.33. The molecule has 0 bridgehead atoms. The molecule has 4 nitrogen and oxygen atoms in total. The van der Waals surface area contributed by atoms with E-state index in [0.717, 1.165) is 19.6 Å². The topological polar surface area (TPSA) is 47.6 Å². The van der Waals surface area contributed by atoms with Gasteiger partial charge >= 0.3 is 5.97 Å². The molecule has 126 valence electrons. The third-order valence-electron chi connectivity index (χ3n) is 3.94. The molecule has 0 saturated carbocycles. The second kappa shape index (κ2) is 12.0. The third-order valence-corrected chi connectivity index (χ3v) is 3.94. The summed E-state index contributed by atoms with van der Waals surface area (Å²) in [5.41, 5.74) is -0.643. The summed E-state index contributed by atoms with van der Waals surface area (Å²) in [6.07, 6.45) is 5.53. The van der Waals surface area contributed by atoms with E-state index in [1.54, 1.807) is 0 Å². The van der Waals surface area contributed by atoms with E-state index >= 15 is 0 Å². The molecule has 0 aromatic heterocycles.